The number of fused-ring (bicyclic) bond motifs is 2. The van der Waals surface area contributed by atoms with Gasteiger partial charge in [0.25, 0.3) is 11.5 Å². The Balaban J connectivity index is 1.54. The average molecular weight is 486 g/mol. The van der Waals surface area contributed by atoms with E-state index in [2.05, 4.69) is 0 Å². The molecule has 6 heteroatoms. The molecule has 0 bridgehead atoms. The van der Waals surface area contributed by atoms with Gasteiger partial charge in [0.2, 0.25) is 0 Å². The van der Waals surface area contributed by atoms with Crippen molar-refractivity contribution >= 4 is 34.1 Å². The van der Waals surface area contributed by atoms with E-state index in [0.717, 1.165) is 16.8 Å². The summed E-state index contributed by atoms with van der Waals surface area (Å²) in [7, 11) is 1.60. The molecular weight excluding hydrogens is 462 g/mol. The molecule has 1 aromatic heterocycles. The Kier molecular flexibility index (Phi) is 5.62. The summed E-state index contributed by atoms with van der Waals surface area (Å²) in [5.74, 6) is 0.934. The van der Waals surface area contributed by atoms with E-state index in [1.807, 2.05) is 84.9 Å². The minimum atomic E-state index is -0.206. The second-order valence-corrected chi connectivity index (χ2v) is 8.78. The van der Waals surface area contributed by atoms with Gasteiger partial charge in [0.15, 0.2) is 0 Å². The Bertz CT molecular complexity index is 1720. The number of methoxy groups -OCH3 is 1. The van der Waals surface area contributed by atoms with Crippen molar-refractivity contribution in [1.29, 1.82) is 0 Å². The highest BCUT2D eigenvalue weighted by Gasteiger charge is 2.32. The summed E-state index contributed by atoms with van der Waals surface area (Å²) in [5, 5.41) is 0.504. The number of carbonyl (C=O) groups is 1. The molecule has 0 fully saturated rings. The molecule has 1 amide bonds. The molecule has 5 aromatic rings. The van der Waals surface area contributed by atoms with Gasteiger partial charge in [0.1, 0.15) is 11.6 Å². The number of anilines is 1. The van der Waals surface area contributed by atoms with Gasteiger partial charge in [0, 0.05) is 5.56 Å². The van der Waals surface area contributed by atoms with E-state index in [1.165, 1.54) is 0 Å². The highest BCUT2D eigenvalue weighted by molar-refractivity contribution is 6.35. The minimum Gasteiger partial charge on any atom is -0.497 e. The van der Waals surface area contributed by atoms with Crippen LogP contribution in [0.4, 0.5) is 5.69 Å². The molecule has 2 heterocycles. The number of aromatic nitrogens is 2. The lowest BCUT2D eigenvalue weighted by molar-refractivity contribution is -0.113. The summed E-state index contributed by atoms with van der Waals surface area (Å²) in [4.78, 5) is 34.0. The summed E-state index contributed by atoms with van der Waals surface area (Å²) in [6.45, 7) is 0.449. The third-order valence-corrected chi connectivity index (χ3v) is 6.55. The molecule has 0 aliphatic carbocycles. The predicted molar refractivity (Wildman–Crippen MR) is 146 cm³/mol. The third-order valence-electron chi connectivity index (χ3n) is 6.55. The first kappa shape index (κ1) is 22.5. The number of amides is 1. The van der Waals surface area contributed by atoms with Crippen LogP contribution in [0.5, 0.6) is 5.75 Å². The van der Waals surface area contributed by atoms with Crippen LogP contribution in [0.1, 0.15) is 17.0 Å². The molecule has 0 N–H and O–H groups in total. The van der Waals surface area contributed by atoms with Crippen LogP contribution in [0.3, 0.4) is 0 Å². The molecule has 6 nitrogen and oxygen atoms in total. The fraction of sp³-hybridized carbons (Fsp3) is 0.0645. The van der Waals surface area contributed by atoms with Crippen molar-refractivity contribution in [2.75, 3.05) is 12.0 Å². The molecule has 0 spiro atoms. The number of nitrogens with zero attached hydrogens (tertiary/aromatic N) is 3. The van der Waals surface area contributed by atoms with Crippen molar-refractivity contribution in [3.63, 3.8) is 0 Å². The number of rotatable bonds is 5. The summed E-state index contributed by atoms with van der Waals surface area (Å²) in [5.41, 5.74) is 4.18. The van der Waals surface area contributed by atoms with Gasteiger partial charge < -0.3 is 9.64 Å². The van der Waals surface area contributed by atoms with Crippen molar-refractivity contribution in [3.05, 3.63) is 130 Å². The van der Waals surface area contributed by atoms with Gasteiger partial charge in [-0.2, -0.15) is 0 Å². The Morgan fingerprint density at radius 1 is 0.811 bits per heavy atom. The van der Waals surface area contributed by atoms with Crippen LogP contribution in [-0.4, -0.2) is 22.6 Å². The average Bonchev–Trinajstić information content (AvgIpc) is 3.20. The zero-order valence-corrected chi connectivity index (χ0v) is 20.2. The molecule has 0 unspecified atom stereocenters. The van der Waals surface area contributed by atoms with Gasteiger partial charge in [-0.3, -0.25) is 14.2 Å². The number of para-hydroxylation sites is 2. The van der Waals surface area contributed by atoms with Gasteiger partial charge in [-0.15, -0.1) is 0 Å². The van der Waals surface area contributed by atoms with E-state index in [0.29, 0.717) is 40.3 Å². The number of hydrogen-bond acceptors (Lipinski definition) is 4. The summed E-state index contributed by atoms with van der Waals surface area (Å²) in [6.07, 6.45) is 1.73. The Morgan fingerprint density at radius 2 is 1.51 bits per heavy atom. The first-order valence-electron chi connectivity index (χ1n) is 12.0. The Hall–Kier alpha value is -4.97. The molecule has 4 aromatic carbocycles. The quantitative estimate of drug-likeness (QED) is 0.309. The van der Waals surface area contributed by atoms with Crippen LogP contribution in [-0.2, 0) is 11.3 Å². The highest BCUT2D eigenvalue weighted by Crippen LogP contribution is 2.38. The van der Waals surface area contributed by atoms with Crippen LogP contribution < -0.4 is 15.2 Å². The third kappa shape index (κ3) is 3.98. The van der Waals surface area contributed by atoms with E-state index in [-0.39, 0.29) is 11.5 Å². The van der Waals surface area contributed by atoms with Gasteiger partial charge in [0.05, 0.1) is 41.5 Å². The molecule has 180 valence electrons. The van der Waals surface area contributed by atoms with Crippen molar-refractivity contribution in [1.82, 2.24) is 9.55 Å². The van der Waals surface area contributed by atoms with Crippen molar-refractivity contribution < 1.29 is 9.53 Å². The van der Waals surface area contributed by atoms with E-state index in [4.69, 9.17) is 9.72 Å². The standard InChI is InChI=1S/C31H23N3O3/c1-37-23-17-15-22(16-18-23)34-29(32-27-13-7-5-12-25(27)31(34)36)19-26-24-11-6-8-14-28(24)33(30(26)35)20-21-9-3-2-4-10-21/h2-19H,20H2,1H3. The normalized spacial score (nSPS) is 13.8. The molecule has 1 aliphatic heterocycles. The number of benzene rings is 4. The zero-order valence-electron chi connectivity index (χ0n) is 20.2. The second kappa shape index (κ2) is 9.24. The lowest BCUT2D eigenvalue weighted by Crippen LogP contribution is -2.26. The van der Waals surface area contributed by atoms with E-state index >= 15 is 0 Å². The van der Waals surface area contributed by atoms with Gasteiger partial charge in [-0.1, -0.05) is 60.7 Å². The molecule has 6 rings (SSSR count). The lowest BCUT2D eigenvalue weighted by atomic mass is 10.1. The SMILES string of the molecule is COc1ccc(-n2c(C=C3C(=O)N(Cc4ccccc4)c4ccccc43)nc3ccccc3c2=O)cc1. The van der Waals surface area contributed by atoms with Crippen molar-refractivity contribution in [2.24, 2.45) is 0 Å². The predicted octanol–water partition coefficient (Wildman–Crippen LogP) is 5.48. The fourth-order valence-corrected chi connectivity index (χ4v) is 4.73. The summed E-state index contributed by atoms with van der Waals surface area (Å²) in [6, 6.07) is 32.1. The Morgan fingerprint density at radius 3 is 2.30 bits per heavy atom. The van der Waals surface area contributed by atoms with Crippen LogP contribution >= 0.6 is 0 Å². The van der Waals surface area contributed by atoms with Crippen LogP contribution in [0.25, 0.3) is 28.2 Å². The van der Waals surface area contributed by atoms with Crippen LogP contribution in [0.2, 0.25) is 0 Å². The molecule has 0 saturated carbocycles. The number of ether oxygens (including phenoxy) is 1. The maximum atomic E-state index is 13.8. The largest absolute Gasteiger partial charge is 0.497 e. The topological polar surface area (TPSA) is 64.4 Å². The molecule has 37 heavy (non-hydrogen) atoms. The van der Waals surface area contributed by atoms with Crippen LogP contribution in [0, 0.1) is 0 Å². The van der Waals surface area contributed by atoms with Crippen molar-refractivity contribution in [3.8, 4) is 11.4 Å². The van der Waals surface area contributed by atoms with E-state index < -0.39 is 0 Å². The minimum absolute atomic E-state index is 0.131. The number of hydrogen-bond donors (Lipinski definition) is 0. The van der Waals surface area contributed by atoms with E-state index in [9.17, 15) is 9.59 Å². The molecule has 0 atom stereocenters. The molecule has 1 aliphatic rings. The highest BCUT2D eigenvalue weighted by atomic mass is 16.5. The van der Waals surface area contributed by atoms with Gasteiger partial charge >= 0.3 is 0 Å². The zero-order chi connectivity index (χ0) is 25.4. The van der Waals surface area contributed by atoms with Crippen LogP contribution in [0.15, 0.2) is 108 Å². The summed E-state index contributed by atoms with van der Waals surface area (Å²) >= 11 is 0. The molecule has 0 saturated heterocycles. The molecule has 0 radical (unpaired) electrons. The van der Waals surface area contributed by atoms with Crippen molar-refractivity contribution in [2.45, 2.75) is 6.54 Å². The first-order chi connectivity index (χ1) is 18.1. The number of carbonyl (C=O) groups excluding carboxylic acids is 1. The molecular formula is C31H23N3O3. The second-order valence-electron chi connectivity index (χ2n) is 8.78. The maximum Gasteiger partial charge on any atom is 0.266 e. The lowest BCUT2D eigenvalue weighted by Gasteiger charge is -2.17. The Labute approximate surface area is 213 Å². The monoisotopic (exact) mass is 485 g/mol. The van der Waals surface area contributed by atoms with Gasteiger partial charge in [-0.25, -0.2) is 4.98 Å². The first-order valence-corrected chi connectivity index (χ1v) is 12.0. The summed E-state index contributed by atoms with van der Waals surface area (Å²) < 4.78 is 6.84. The smallest absolute Gasteiger partial charge is 0.266 e. The maximum absolute atomic E-state index is 13.8. The van der Waals surface area contributed by atoms with E-state index in [1.54, 1.807) is 40.9 Å². The fourth-order valence-electron chi connectivity index (χ4n) is 4.73. The van der Waals surface area contributed by atoms with Gasteiger partial charge in [-0.05, 0) is 54.1 Å².